The van der Waals surface area contributed by atoms with Gasteiger partial charge in [-0.1, -0.05) is 17.7 Å². The monoisotopic (exact) mass is 311 g/mol. The number of benzene rings is 1. The molecule has 21 heavy (non-hydrogen) atoms. The second-order valence-electron chi connectivity index (χ2n) is 5.20. The summed E-state index contributed by atoms with van der Waals surface area (Å²) in [7, 11) is 2.01. The van der Waals surface area contributed by atoms with E-state index >= 15 is 0 Å². The van der Waals surface area contributed by atoms with Gasteiger partial charge in [0.2, 0.25) is 0 Å². The Morgan fingerprint density at radius 3 is 2.71 bits per heavy atom. The number of piperazine rings is 1. The zero-order valence-corrected chi connectivity index (χ0v) is 12.7. The maximum Gasteiger partial charge on any atom is 0.339 e. The molecule has 114 valence electrons. The van der Waals surface area contributed by atoms with Crippen LogP contribution in [0.3, 0.4) is 0 Å². The third-order valence-corrected chi connectivity index (χ3v) is 3.88. The van der Waals surface area contributed by atoms with Crippen LogP contribution < -0.4 is 5.32 Å². The quantitative estimate of drug-likeness (QED) is 0.878. The molecule has 1 aliphatic rings. The lowest BCUT2D eigenvalue weighted by molar-refractivity contribution is 0.0698. The molecule has 6 nitrogen and oxygen atoms in total. The zero-order valence-electron chi connectivity index (χ0n) is 12.0. The van der Waals surface area contributed by atoms with Gasteiger partial charge in [0.25, 0.3) is 0 Å². The number of halogens is 1. The van der Waals surface area contributed by atoms with E-state index in [1.807, 2.05) is 14.0 Å². The molecule has 0 radical (unpaired) electrons. The van der Waals surface area contributed by atoms with Gasteiger partial charge in [0, 0.05) is 25.7 Å². The second kappa shape index (κ2) is 6.32. The Balaban J connectivity index is 2.17. The van der Waals surface area contributed by atoms with Gasteiger partial charge in [-0.15, -0.1) is 0 Å². The lowest BCUT2D eigenvalue weighted by Crippen LogP contribution is -2.54. The number of carbonyl (C=O) groups excluding carboxylic acids is 1. The summed E-state index contributed by atoms with van der Waals surface area (Å²) in [5.74, 6) is -1.16. The van der Waals surface area contributed by atoms with Gasteiger partial charge in [0.1, 0.15) is 5.56 Å². The molecule has 0 aromatic heterocycles. The van der Waals surface area contributed by atoms with Crippen molar-refractivity contribution in [2.45, 2.75) is 13.0 Å². The van der Waals surface area contributed by atoms with Crippen LogP contribution in [0.15, 0.2) is 18.2 Å². The van der Waals surface area contributed by atoms with E-state index in [1.54, 1.807) is 11.0 Å². The van der Waals surface area contributed by atoms with E-state index in [2.05, 4.69) is 10.2 Å². The van der Waals surface area contributed by atoms with Crippen LogP contribution in [0.2, 0.25) is 5.02 Å². The lowest BCUT2D eigenvalue weighted by atomic mass is 10.1. The van der Waals surface area contributed by atoms with Crippen LogP contribution in [0.4, 0.5) is 10.5 Å². The van der Waals surface area contributed by atoms with Crippen LogP contribution in [-0.2, 0) is 0 Å². The molecule has 0 aliphatic carbocycles. The average molecular weight is 312 g/mol. The zero-order chi connectivity index (χ0) is 15.6. The fraction of sp³-hybridized carbons (Fsp3) is 0.429. The fourth-order valence-corrected chi connectivity index (χ4v) is 2.73. The van der Waals surface area contributed by atoms with Gasteiger partial charge in [-0.05, 0) is 26.1 Å². The van der Waals surface area contributed by atoms with Gasteiger partial charge in [-0.2, -0.15) is 0 Å². The van der Waals surface area contributed by atoms with Crippen molar-refractivity contribution in [2.75, 3.05) is 32.0 Å². The molecule has 0 spiro atoms. The van der Waals surface area contributed by atoms with Gasteiger partial charge < -0.3 is 20.2 Å². The second-order valence-corrected chi connectivity index (χ2v) is 5.61. The third-order valence-electron chi connectivity index (χ3n) is 3.56. The highest BCUT2D eigenvalue weighted by molar-refractivity contribution is 6.34. The maximum absolute atomic E-state index is 12.3. The molecule has 2 N–H and O–H groups in total. The Kier molecular flexibility index (Phi) is 4.69. The number of carboxylic acid groups (broad SMARTS) is 1. The van der Waals surface area contributed by atoms with Crippen molar-refractivity contribution in [3.63, 3.8) is 0 Å². The predicted molar refractivity (Wildman–Crippen MR) is 81.1 cm³/mol. The number of rotatable bonds is 2. The van der Waals surface area contributed by atoms with Crippen LogP contribution >= 0.6 is 11.6 Å². The number of nitrogens with one attached hydrogen (secondary N) is 1. The predicted octanol–water partition coefficient (Wildman–Crippen LogP) is 2.21. The number of hydrogen-bond acceptors (Lipinski definition) is 3. The highest BCUT2D eigenvalue weighted by Gasteiger charge is 2.26. The highest BCUT2D eigenvalue weighted by Crippen LogP contribution is 2.25. The Hall–Kier alpha value is -1.79. The highest BCUT2D eigenvalue weighted by atomic mass is 35.5. The van der Waals surface area contributed by atoms with Crippen molar-refractivity contribution in [1.29, 1.82) is 0 Å². The first kappa shape index (κ1) is 15.6. The van der Waals surface area contributed by atoms with Crippen LogP contribution in [0.5, 0.6) is 0 Å². The minimum Gasteiger partial charge on any atom is -0.478 e. The fourth-order valence-electron chi connectivity index (χ4n) is 2.47. The number of nitrogens with zero attached hydrogens (tertiary/aromatic N) is 2. The van der Waals surface area contributed by atoms with Crippen molar-refractivity contribution >= 4 is 29.3 Å². The molecule has 1 saturated heterocycles. The number of carboxylic acids is 1. The summed E-state index contributed by atoms with van der Waals surface area (Å²) in [5, 5.41) is 12.0. The molecule has 0 bridgehead atoms. The summed E-state index contributed by atoms with van der Waals surface area (Å²) in [4.78, 5) is 27.4. The van der Waals surface area contributed by atoms with E-state index in [4.69, 9.17) is 11.6 Å². The SMILES string of the molecule is CC1CN(C)CCN1C(=O)Nc1cccc(Cl)c1C(=O)O. The lowest BCUT2D eigenvalue weighted by Gasteiger charge is -2.38. The smallest absolute Gasteiger partial charge is 0.339 e. The average Bonchev–Trinajstić information content (AvgIpc) is 2.37. The minimum atomic E-state index is -1.16. The first-order valence-electron chi connectivity index (χ1n) is 6.68. The molecule has 0 saturated carbocycles. The Labute approximate surface area is 128 Å². The van der Waals surface area contributed by atoms with Gasteiger partial charge in [0.05, 0.1) is 10.7 Å². The number of amides is 2. The van der Waals surface area contributed by atoms with Gasteiger partial charge in [-0.25, -0.2) is 9.59 Å². The summed E-state index contributed by atoms with van der Waals surface area (Å²) in [5.41, 5.74) is 0.125. The van der Waals surface area contributed by atoms with Crippen molar-refractivity contribution in [3.05, 3.63) is 28.8 Å². The first-order chi connectivity index (χ1) is 9.90. The first-order valence-corrected chi connectivity index (χ1v) is 7.06. The van der Waals surface area contributed by atoms with Gasteiger partial charge >= 0.3 is 12.0 Å². The van der Waals surface area contributed by atoms with Crippen molar-refractivity contribution in [1.82, 2.24) is 9.80 Å². The van der Waals surface area contributed by atoms with Crippen LogP contribution in [-0.4, -0.2) is 59.6 Å². The standard InChI is InChI=1S/C14H18ClN3O3/c1-9-8-17(2)6-7-18(9)14(21)16-11-5-3-4-10(15)12(11)13(19)20/h3-5,9H,6-8H2,1-2H3,(H,16,21)(H,19,20). The molecular weight excluding hydrogens is 294 g/mol. The summed E-state index contributed by atoms with van der Waals surface area (Å²) in [6, 6.07) is 4.39. The summed E-state index contributed by atoms with van der Waals surface area (Å²) < 4.78 is 0. The van der Waals surface area contributed by atoms with Crippen LogP contribution in [0.25, 0.3) is 0 Å². The molecule has 1 unspecified atom stereocenters. The normalized spacial score (nSPS) is 19.4. The van der Waals surface area contributed by atoms with Gasteiger partial charge in [0.15, 0.2) is 0 Å². The molecule has 1 fully saturated rings. The van der Waals surface area contributed by atoms with E-state index in [1.165, 1.54) is 12.1 Å². The minimum absolute atomic E-state index is 0.0659. The molecule has 1 aliphatic heterocycles. The van der Waals surface area contributed by atoms with Crippen molar-refractivity contribution in [2.24, 2.45) is 0 Å². The molecule has 1 aromatic carbocycles. The summed E-state index contributed by atoms with van der Waals surface area (Å²) in [6.45, 7) is 4.14. The molecule has 1 atom stereocenters. The molecular formula is C14H18ClN3O3. The van der Waals surface area contributed by atoms with E-state index in [0.29, 0.717) is 6.54 Å². The van der Waals surface area contributed by atoms with E-state index in [-0.39, 0.29) is 28.3 Å². The number of urea groups is 1. The topological polar surface area (TPSA) is 72.9 Å². The Morgan fingerprint density at radius 2 is 2.10 bits per heavy atom. The summed E-state index contributed by atoms with van der Waals surface area (Å²) in [6.07, 6.45) is 0. The number of aromatic carboxylic acids is 1. The van der Waals surface area contributed by atoms with Crippen LogP contribution in [0.1, 0.15) is 17.3 Å². The summed E-state index contributed by atoms with van der Waals surface area (Å²) >= 11 is 5.89. The largest absolute Gasteiger partial charge is 0.478 e. The number of hydrogen-bond donors (Lipinski definition) is 2. The van der Waals surface area contributed by atoms with E-state index in [0.717, 1.165) is 13.1 Å². The number of anilines is 1. The number of likely N-dealkylation sites (N-methyl/N-ethyl adjacent to an activating group) is 1. The van der Waals surface area contributed by atoms with Crippen molar-refractivity contribution in [3.8, 4) is 0 Å². The van der Waals surface area contributed by atoms with Crippen LogP contribution in [0, 0.1) is 0 Å². The van der Waals surface area contributed by atoms with E-state index < -0.39 is 5.97 Å². The van der Waals surface area contributed by atoms with Crippen molar-refractivity contribution < 1.29 is 14.7 Å². The Bertz CT molecular complexity index is 564. The molecule has 1 heterocycles. The molecule has 7 heteroatoms. The molecule has 2 rings (SSSR count). The van der Waals surface area contributed by atoms with Gasteiger partial charge in [-0.3, -0.25) is 0 Å². The number of carbonyl (C=O) groups is 2. The Morgan fingerprint density at radius 1 is 1.38 bits per heavy atom. The maximum atomic E-state index is 12.3. The molecule has 2 amide bonds. The van der Waals surface area contributed by atoms with E-state index in [9.17, 15) is 14.7 Å². The molecule has 1 aromatic rings. The third kappa shape index (κ3) is 3.46.